The van der Waals surface area contributed by atoms with Crippen molar-refractivity contribution in [3.05, 3.63) is 59.7 Å². The maximum Gasteiger partial charge on any atom is 0.240 e. The first kappa shape index (κ1) is 22.7. The second-order valence-electron chi connectivity index (χ2n) is 8.17. The quantitative estimate of drug-likeness (QED) is 0.567. The normalized spacial score (nSPS) is 17.0. The van der Waals surface area contributed by atoms with Gasteiger partial charge in [-0.25, -0.2) is 13.6 Å². The van der Waals surface area contributed by atoms with E-state index in [1.807, 2.05) is 18.2 Å². The molecule has 7 heteroatoms. The largest absolute Gasteiger partial charge is 0.387 e. The highest BCUT2D eigenvalue weighted by Crippen LogP contribution is 2.30. The molecule has 1 saturated heterocycles. The number of anilines is 1. The van der Waals surface area contributed by atoms with Crippen LogP contribution in [-0.4, -0.2) is 39.2 Å². The standard InChI is InChI=1S/C23H33N3O3S/c1-18(10-11-19-8-4-2-5-9-19)25-17-22(27)20-12-13-21(23(16-20)30(24,28)29)26-14-6-3-7-15-26/h2,4-5,8-9,12-13,16,18,22,25,27H,3,6-7,10-11,14-15,17H2,1H3,(H2,24,28,29). The third-order valence-corrected chi connectivity index (χ3v) is 6.68. The van der Waals surface area contributed by atoms with Crippen LogP contribution >= 0.6 is 0 Å². The van der Waals surface area contributed by atoms with Crippen molar-refractivity contribution >= 4 is 15.7 Å². The van der Waals surface area contributed by atoms with Gasteiger partial charge < -0.3 is 15.3 Å². The maximum absolute atomic E-state index is 12.2. The Kier molecular flexibility index (Phi) is 7.88. The number of aryl methyl sites for hydroxylation is 1. The predicted molar refractivity (Wildman–Crippen MR) is 121 cm³/mol. The number of nitrogens with one attached hydrogen (secondary N) is 1. The summed E-state index contributed by atoms with van der Waals surface area (Å²) in [4.78, 5) is 2.17. The van der Waals surface area contributed by atoms with Crippen LogP contribution < -0.4 is 15.4 Å². The summed E-state index contributed by atoms with van der Waals surface area (Å²) in [7, 11) is -3.88. The number of aliphatic hydroxyl groups is 1. The number of hydrogen-bond donors (Lipinski definition) is 3. The fourth-order valence-electron chi connectivity index (χ4n) is 3.92. The number of nitrogens with two attached hydrogens (primary N) is 1. The van der Waals surface area contributed by atoms with E-state index in [0.717, 1.165) is 45.2 Å². The molecule has 1 aliphatic rings. The lowest BCUT2D eigenvalue weighted by Crippen LogP contribution is -2.32. The Morgan fingerprint density at radius 1 is 1.10 bits per heavy atom. The van der Waals surface area contributed by atoms with Crippen LogP contribution in [0.2, 0.25) is 0 Å². The number of benzene rings is 2. The smallest absolute Gasteiger partial charge is 0.240 e. The number of piperidine rings is 1. The number of aliphatic hydroxyl groups excluding tert-OH is 1. The van der Waals surface area contributed by atoms with Gasteiger partial charge in [-0.2, -0.15) is 0 Å². The van der Waals surface area contributed by atoms with Gasteiger partial charge in [0.25, 0.3) is 0 Å². The average molecular weight is 432 g/mol. The fourth-order valence-corrected chi connectivity index (χ4v) is 4.71. The van der Waals surface area contributed by atoms with E-state index in [0.29, 0.717) is 17.8 Å². The average Bonchev–Trinajstić information content (AvgIpc) is 2.76. The summed E-state index contributed by atoms with van der Waals surface area (Å²) in [5, 5.41) is 19.5. The minimum absolute atomic E-state index is 0.0954. The van der Waals surface area contributed by atoms with Gasteiger partial charge in [0.05, 0.1) is 11.8 Å². The third kappa shape index (κ3) is 6.28. The molecule has 1 heterocycles. The molecule has 0 bridgehead atoms. The van der Waals surface area contributed by atoms with Gasteiger partial charge in [-0.05, 0) is 62.3 Å². The van der Waals surface area contributed by atoms with E-state index in [2.05, 4.69) is 29.3 Å². The third-order valence-electron chi connectivity index (χ3n) is 5.74. The van der Waals surface area contributed by atoms with Crippen molar-refractivity contribution in [1.29, 1.82) is 0 Å². The van der Waals surface area contributed by atoms with Crippen molar-refractivity contribution in [3.63, 3.8) is 0 Å². The van der Waals surface area contributed by atoms with Crippen LogP contribution in [0.5, 0.6) is 0 Å². The molecular formula is C23H33N3O3S. The second-order valence-corrected chi connectivity index (χ2v) is 9.70. The topological polar surface area (TPSA) is 95.7 Å². The highest BCUT2D eigenvalue weighted by atomic mass is 32.2. The summed E-state index contributed by atoms with van der Waals surface area (Å²) in [5.41, 5.74) is 2.48. The maximum atomic E-state index is 12.2. The molecular weight excluding hydrogens is 398 g/mol. The molecule has 4 N–H and O–H groups in total. The van der Waals surface area contributed by atoms with Crippen LogP contribution in [-0.2, 0) is 16.4 Å². The number of sulfonamides is 1. The molecule has 1 aliphatic heterocycles. The molecule has 2 atom stereocenters. The van der Waals surface area contributed by atoms with E-state index in [9.17, 15) is 13.5 Å². The van der Waals surface area contributed by atoms with Crippen molar-refractivity contribution in [3.8, 4) is 0 Å². The van der Waals surface area contributed by atoms with E-state index < -0.39 is 16.1 Å². The Morgan fingerprint density at radius 3 is 2.47 bits per heavy atom. The van der Waals surface area contributed by atoms with Gasteiger partial charge >= 0.3 is 0 Å². The van der Waals surface area contributed by atoms with Crippen LogP contribution in [0.3, 0.4) is 0 Å². The first-order valence-electron chi connectivity index (χ1n) is 10.7. The molecule has 0 amide bonds. The van der Waals surface area contributed by atoms with Crippen LogP contribution in [0.15, 0.2) is 53.4 Å². The van der Waals surface area contributed by atoms with Gasteiger partial charge in [0.1, 0.15) is 4.90 Å². The molecule has 0 aliphatic carbocycles. The molecule has 2 aromatic carbocycles. The van der Waals surface area contributed by atoms with E-state index in [-0.39, 0.29) is 10.9 Å². The van der Waals surface area contributed by atoms with Crippen molar-refractivity contribution in [1.82, 2.24) is 5.32 Å². The zero-order valence-electron chi connectivity index (χ0n) is 17.6. The van der Waals surface area contributed by atoms with Gasteiger partial charge in [0.2, 0.25) is 10.0 Å². The number of rotatable bonds is 9. The van der Waals surface area contributed by atoms with Gasteiger partial charge in [0.15, 0.2) is 0 Å². The first-order chi connectivity index (χ1) is 14.3. The molecule has 0 saturated carbocycles. The summed E-state index contributed by atoms with van der Waals surface area (Å²) in [5.74, 6) is 0. The zero-order valence-corrected chi connectivity index (χ0v) is 18.4. The summed E-state index contributed by atoms with van der Waals surface area (Å²) < 4.78 is 24.4. The van der Waals surface area contributed by atoms with Crippen LogP contribution in [0.4, 0.5) is 5.69 Å². The second kappa shape index (κ2) is 10.4. The Labute approximate surface area is 180 Å². The van der Waals surface area contributed by atoms with E-state index in [1.165, 1.54) is 11.6 Å². The Balaban J connectivity index is 1.63. The monoisotopic (exact) mass is 431 g/mol. The van der Waals surface area contributed by atoms with E-state index in [4.69, 9.17) is 5.14 Å². The van der Waals surface area contributed by atoms with E-state index >= 15 is 0 Å². The lowest BCUT2D eigenvalue weighted by Gasteiger charge is -2.30. The summed E-state index contributed by atoms with van der Waals surface area (Å²) in [6.45, 7) is 4.09. The Bertz CT molecular complexity index is 913. The van der Waals surface area contributed by atoms with Crippen LogP contribution in [0.1, 0.15) is 49.8 Å². The fraction of sp³-hybridized carbons (Fsp3) is 0.478. The summed E-state index contributed by atoms with van der Waals surface area (Å²) in [6, 6.07) is 15.6. The van der Waals surface area contributed by atoms with Crippen molar-refractivity contribution in [2.45, 2.75) is 56.1 Å². The Hall–Kier alpha value is -1.93. The molecule has 2 unspecified atom stereocenters. The first-order valence-corrected chi connectivity index (χ1v) is 12.3. The number of primary sulfonamides is 1. The summed E-state index contributed by atoms with van der Waals surface area (Å²) in [6.07, 6.45) is 4.35. The van der Waals surface area contributed by atoms with Gasteiger partial charge in [-0.15, -0.1) is 0 Å². The molecule has 3 rings (SSSR count). The molecule has 0 aromatic heterocycles. The van der Waals surface area contributed by atoms with Crippen LogP contribution in [0.25, 0.3) is 0 Å². The molecule has 6 nitrogen and oxygen atoms in total. The lowest BCUT2D eigenvalue weighted by molar-refractivity contribution is 0.170. The zero-order chi connectivity index (χ0) is 21.6. The summed E-state index contributed by atoms with van der Waals surface area (Å²) >= 11 is 0. The highest BCUT2D eigenvalue weighted by molar-refractivity contribution is 7.89. The minimum atomic E-state index is -3.88. The predicted octanol–water partition coefficient (Wildman–Crippen LogP) is 2.97. The van der Waals surface area contributed by atoms with Crippen molar-refractivity contribution in [2.75, 3.05) is 24.5 Å². The molecule has 0 spiro atoms. The molecule has 30 heavy (non-hydrogen) atoms. The minimum Gasteiger partial charge on any atom is -0.387 e. The van der Waals surface area contributed by atoms with Gasteiger partial charge in [-0.1, -0.05) is 36.4 Å². The van der Waals surface area contributed by atoms with Crippen molar-refractivity contribution in [2.24, 2.45) is 5.14 Å². The molecule has 1 fully saturated rings. The van der Waals surface area contributed by atoms with Gasteiger partial charge in [0, 0.05) is 25.7 Å². The number of hydrogen-bond acceptors (Lipinski definition) is 5. The number of nitrogens with zero attached hydrogens (tertiary/aromatic N) is 1. The molecule has 164 valence electrons. The lowest BCUT2D eigenvalue weighted by atomic mass is 10.0. The van der Waals surface area contributed by atoms with Crippen molar-refractivity contribution < 1.29 is 13.5 Å². The van der Waals surface area contributed by atoms with E-state index in [1.54, 1.807) is 12.1 Å². The molecule has 0 radical (unpaired) electrons. The highest BCUT2D eigenvalue weighted by Gasteiger charge is 2.22. The van der Waals surface area contributed by atoms with Gasteiger partial charge in [-0.3, -0.25) is 0 Å². The SMILES string of the molecule is CC(CCc1ccccc1)NCC(O)c1ccc(N2CCCCC2)c(S(N)(=O)=O)c1. The molecule has 2 aromatic rings. The Morgan fingerprint density at radius 2 is 1.80 bits per heavy atom. The van der Waals surface area contributed by atoms with Crippen LogP contribution in [0, 0.1) is 0 Å².